The molecule has 2 fully saturated rings. The van der Waals surface area contributed by atoms with Gasteiger partial charge < -0.3 is 35.6 Å². The van der Waals surface area contributed by atoms with Crippen molar-refractivity contribution in [2.75, 3.05) is 30.7 Å². The fourth-order valence-corrected chi connectivity index (χ4v) is 8.53. The van der Waals surface area contributed by atoms with Crippen LogP contribution in [0.15, 0.2) is 109 Å². The third-order valence-corrected chi connectivity index (χ3v) is 11.8. The molecule has 9 rings (SSSR count). The van der Waals surface area contributed by atoms with Crippen LogP contribution in [-0.4, -0.2) is 84.9 Å². The summed E-state index contributed by atoms with van der Waals surface area (Å²) in [4.78, 5) is 76.2. The summed E-state index contributed by atoms with van der Waals surface area (Å²) in [6.45, 7) is 5.07. The molecule has 0 aliphatic carbocycles. The number of urea groups is 1. The number of benzene rings is 4. The standard InChI is InChI=1S/C47H43ClN10O7/c1-27(25-64-38-17-12-31(48)21-36(38)53-47(63)50-22-28-9-15-35-30(20-28)23-57(46(35)62)37-16-18-39(59)54-44(37)60)45(61)56-19-5-6-32(24-56)58-43-40(42(49)51-26-52-43)41(55-58)29-10-13-34(14-11-29)65-33-7-3-2-4-8-33/h2-4,7-15,17,20-21,26,32,37H,1,5-6,16,18-19,22-25H2,(H2,49,51,52)(H2,50,53,63)(H,54,59,60)/t32-,37?/m1/s1. The fourth-order valence-electron chi connectivity index (χ4n) is 8.36. The minimum absolute atomic E-state index is 0.123. The lowest BCUT2D eigenvalue weighted by atomic mass is 10.0. The number of aromatic nitrogens is 4. The van der Waals surface area contributed by atoms with Crippen molar-refractivity contribution in [1.82, 2.24) is 40.2 Å². The van der Waals surface area contributed by atoms with E-state index in [-0.39, 0.29) is 73.3 Å². The Morgan fingerprint density at radius 2 is 1.75 bits per heavy atom. The molecule has 65 heavy (non-hydrogen) atoms. The van der Waals surface area contributed by atoms with Gasteiger partial charge in [-0.05, 0) is 91.1 Å². The molecule has 2 aromatic heterocycles. The second-order valence-electron chi connectivity index (χ2n) is 16.0. The van der Waals surface area contributed by atoms with Crippen LogP contribution in [0.4, 0.5) is 16.3 Å². The highest BCUT2D eigenvalue weighted by atomic mass is 35.5. The van der Waals surface area contributed by atoms with E-state index in [2.05, 4.69) is 32.5 Å². The van der Waals surface area contributed by atoms with Gasteiger partial charge in [-0.1, -0.05) is 48.5 Å². The molecule has 1 unspecified atom stereocenters. The van der Waals surface area contributed by atoms with Crippen LogP contribution in [0.3, 0.4) is 0 Å². The van der Waals surface area contributed by atoms with E-state index in [0.717, 1.165) is 28.9 Å². The topological polar surface area (TPSA) is 216 Å². The summed E-state index contributed by atoms with van der Waals surface area (Å²) in [5.74, 6) is 0.554. The van der Waals surface area contributed by atoms with Crippen molar-refractivity contribution in [1.29, 1.82) is 0 Å². The molecule has 2 atom stereocenters. The number of imide groups is 1. The number of halogens is 1. The van der Waals surface area contributed by atoms with Crippen LogP contribution in [0.25, 0.3) is 22.3 Å². The highest BCUT2D eigenvalue weighted by molar-refractivity contribution is 6.31. The Balaban J connectivity index is 0.813. The van der Waals surface area contributed by atoms with Crippen molar-refractivity contribution >= 4 is 63.8 Å². The molecule has 0 radical (unpaired) electrons. The number of fused-ring (bicyclic) bond motifs is 2. The van der Waals surface area contributed by atoms with E-state index < -0.39 is 18.0 Å². The minimum Gasteiger partial charge on any atom is -0.487 e. The van der Waals surface area contributed by atoms with E-state index in [1.807, 2.05) is 65.3 Å². The number of piperidine rings is 2. The molecule has 4 aromatic carbocycles. The lowest BCUT2D eigenvalue weighted by molar-refractivity contribution is -0.137. The number of nitrogen functional groups attached to an aromatic ring is 1. The molecule has 0 spiro atoms. The number of anilines is 2. The third kappa shape index (κ3) is 9.04. The summed E-state index contributed by atoms with van der Waals surface area (Å²) >= 11 is 6.31. The number of para-hydroxylation sites is 1. The van der Waals surface area contributed by atoms with Crippen molar-refractivity contribution in [2.45, 2.75) is 50.9 Å². The highest BCUT2D eigenvalue weighted by Gasteiger charge is 2.39. The number of nitrogens with zero attached hydrogens (tertiary/aromatic N) is 6. The maximum Gasteiger partial charge on any atom is 0.319 e. The summed E-state index contributed by atoms with van der Waals surface area (Å²) in [6.07, 6.45) is 3.29. The van der Waals surface area contributed by atoms with Crippen LogP contribution in [0.2, 0.25) is 5.02 Å². The van der Waals surface area contributed by atoms with Crippen molar-refractivity contribution in [3.8, 4) is 28.5 Å². The molecule has 5 heterocycles. The van der Waals surface area contributed by atoms with Crippen LogP contribution < -0.4 is 31.2 Å². The third-order valence-electron chi connectivity index (χ3n) is 11.6. The average molecular weight is 895 g/mol. The SMILES string of the molecule is C=C(COc1ccc(Cl)cc1NC(=O)NCc1ccc2c(c1)CN(C1CCC(=O)NC1=O)C2=O)C(=O)N1CCC[C@@H](n2nc(-c3ccc(Oc4ccccc4)cc3)c3c(N)ncnc32)C1. The molecule has 0 saturated carbocycles. The Morgan fingerprint density at radius 1 is 0.954 bits per heavy atom. The number of hydrogen-bond acceptors (Lipinski definition) is 11. The van der Waals surface area contributed by atoms with E-state index in [0.29, 0.717) is 58.4 Å². The molecule has 2 saturated heterocycles. The van der Waals surface area contributed by atoms with Crippen LogP contribution in [0, 0.1) is 0 Å². The van der Waals surface area contributed by atoms with Gasteiger partial charge >= 0.3 is 6.03 Å². The first-order chi connectivity index (χ1) is 31.5. The summed E-state index contributed by atoms with van der Waals surface area (Å²) in [7, 11) is 0. The predicted molar refractivity (Wildman–Crippen MR) is 241 cm³/mol. The van der Waals surface area contributed by atoms with Crippen LogP contribution in [-0.2, 0) is 27.5 Å². The van der Waals surface area contributed by atoms with E-state index in [9.17, 15) is 24.0 Å². The summed E-state index contributed by atoms with van der Waals surface area (Å²) in [5.41, 5.74) is 10.8. The van der Waals surface area contributed by atoms with Crippen LogP contribution in [0.5, 0.6) is 17.2 Å². The Bertz CT molecular complexity index is 2870. The summed E-state index contributed by atoms with van der Waals surface area (Å²) in [6, 6.07) is 25.5. The van der Waals surface area contributed by atoms with Gasteiger partial charge in [0.1, 0.15) is 47.7 Å². The Morgan fingerprint density at radius 3 is 2.55 bits per heavy atom. The second kappa shape index (κ2) is 18.1. The number of rotatable bonds is 12. The molecular weight excluding hydrogens is 852 g/mol. The first-order valence-electron chi connectivity index (χ1n) is 21.0. The Labute approximate surface area is 377 Å². The monoisotopic (exact) mass is 894 g/mol. The zero-order valence-electron chi connectivity index (χ0n) is 35.0. The molecule has 18 heteroatoms. The van der Waals surface area contributed by atoms with Gasteiger partial charge in [-0.15, -0.1) is 0 Å². The van der Waals surface area contributed by atoms with Crippen molar-refractivity contribution in [2.24, 2.45) is 0 Å². The quantitative estimate of drug-likeness (QED) is 0.0779. The molecule has 6 amide bonds. The number of amides is 6. The molecule has 0 bridgehead atoms. The molecular formula is C47H43ClN10O7. The smallest absolute Gasteiger partial charge is 0.319 e. The Hall–Kier alpha value is -7.79. The fraction of sp³-hybridized carbons (Fsp3) is 0.234. The molecule has 3 aliphatic rings. The Kier molecular flexibility index (Phi) is 11.9. The number of likely N-dealkylation sites (tertiary alicyclic amines) is 1. The lowest BCUT2D eigenvalue weighted by Gasteiger charge is -2.33. The average Bonchev–Trinajstić information content (AvgIpc) is 3.86. The van der Waals surface area contributed by atoms with E-state index >= 15 is 0 Å². The first kappa shape index (κ1) is 42.5. The van der Waals surface area contributed by atoms with Gasteiger partial charge in [0.2, 0.25) is 11.8 Å². The predicted octanol–water partition coefficient (Wildman–Crippen LogP) is 6.40. The van der Waals surface area contributed by atoms with Gasteiger partial charge in [0, 0.05) is 54.3 Å². The van der Waals surface area contributed by atoms with Crippen LogP contribution in [0.1, 0.15) is 53.2 Å². The molecule has 17 nitrogen and oxygen atoms in total. The second-order valence-corrected chi connectivity index (χ2v) is 16.4. The number of nitrogens with two attached hydrogens (primary N) is 1. The molecule has 5 N–H and O–H groups in total. The molecule has 3 aliphatic heterocycles. The van der Waals surface area contributed by atoms with Crippen molar-refractivity contribution < 1.29 is 33.4 Å². The summed E-state index contributed by atoms with van der Waals surface area (Å²) < 4.78 is 13.9. The number of ether oxygens (including phenoxy) is 2. The van der Waals surface area contributed by atoms with Gasteiger partial charge in [0.25, 0.3) is 11.8 Å². The zero-order valence-corrected chi connectivity index (χ0v) is 35.7. The van der Waals surface area contributed by atoms with Gasteiger partial charge in [-0.3, -0.25) is 24.5 Å². The maximum atomic E-state index is 13.9. The normalized spacial score (nSPS) is 17.1. The highest BCUT2D eigenvalue weighted by Crippen LogP contribution is 2.36. The van der Waals surface area contributed by atoms with Crippen LogP contribution >= 0.6 is 11.6 Å². The van der Waals surface area contributed by atoms with E-state index in [4.69, 9.17) is 31.9 Å². The minimum atomic E-state index is -0.723. The molecule has 6 aromatic rings. The van der Waals surface area contributed by atoms with Gasteiger partial charge in [-0.2, -0.15) is 5.10 Å². The van der Waals surface area contributed by atoms with Gasteiger partial charge in [-0.25, -0.2) is 19.4 Å². The number of carbonyl (C=O) groups excluding carboxylic acids is 5. The molecule has 330 valence electrons. The number of hydrogen-bond donors (Lipinski definition) is 4. The van der Waals surface area contributed by atoms with Crippen molar-refractivity contribution in [3.63, 3.8) is 0 Å². The van der Waals surface area contributed by atoms with E-state index in [1.54, 1.807) is 29.2 Å². The number of carbonyl (C=O) groups is 5. The summed E-state index contributed by atoms with van der Waals surface area (Å²) in [5, 5.41) is 13.9. The van der Waals surface area contributed by atoms with E-state index in [1.165, 1.54) is 17.3 Å². The van der Waals surface area contributed by atoms with Gasteiger partial charge in [0.15, 0.2) is 5.65 Å². The van der Waals surface area contributed by atoms with Crippen molar-refractivity contribution in [3.05, 3.63) is 131 Å². The maximum absolute atomic E-state index is 13.9. The van der Waals surface area contributed by atoms with Gasteiger partial charge in [0.05, 0.1) is 17.1 Å². The zero-order chi connectivity index (χ0) is 45.2. The lowest BCUT2D eigenvalue weighted by Crippen LogP contribution is -2.52. The number of nitrogens with one attached hydrogen (secondary N) is 3. The first-order valence-corrected chi connectivity index (χ1v) is 21.4. The largest absolute Gasteiger partial charge is 0.487 e.